The summed E-state index contributed by atoms with van der Waals surface area (Å²) in [5.74, 6) is 2.33. The molecular formula is C16H15ClN4O2. The Hall–Kier alpha value is -2.73. The van der Waals surface area contributed by atoms with Crippen LogP contribution in [0.4, 0.5) is 5.69 Å². The SMILES string of the molecule is COc1ccc(-c2n[nH]c(-c3cc(Cl)ccc3N)n2)cc1OC. The van der Waals surface area contributed by atoms with E-state index in [4.69, 9.17) is 26.8 Å². The average Bonchev–Trinajstić information content (AvgIpc) is 3.06. The number of H-pyrrole nitrogens is 1. The topological polar surface area (TPSA) is 86.0 Å². The fourth-order valence-electron chi connectivity index (χ4n) is 2.22. The second-order valence-corrected chi connectivity index (χ2v) is 5.25. The Bertz CT molecular complexity index is 848. The van der Waals surface area contributed by atoms with E-state index >= 15 is 0 Å². The van der Waals surface area contributed by atoms with Gasteiger partial charge in [-0.05, 0) is 36.4 Å². The number of methoxy groups -OCH3 is 2. The van der Waals surface area contributed by atoms with Gasteiger partial charge in [0.15, 0.2) is 23.1 Å². The standard InChI is InChI=1S/C16H15ClN4O2/c1-22-13-6-3-9(7-14(13)23-2)15-19-16(21-20-15)11-8-10(17)4-5-12(11)18/h3-8H,18H2,1-2H3,(H,19,20,21). The van der Waals surface area contributed by atoms with Gasteiger partial charge in [0, 0.05) is 21.8 Å². The molecule has 0 saturated carbocycles. The highest BCUT2D eigenvalue weighted by Gasteiger charge is 2.13. The van der Waals surface area contributed by atoms with E-state index in [0.717, 1.165) is 5.56 Å². The van der Waals surface area contributed by atoms with Crippen molar-refractivity contribution in [2.75, 3.05) is 20.0 Å². The fourth-order valence-corrected chi connectivity index (χ4v) is 2.39. The predicted molar refractivity (Wildman–Crippen MR) is 89.8 cm³/mol. The minimum absolute atomic E-state index is 0.528. The Labute approximate surface area is 138 Å². The van der Waals surface area contributed by atoms with E-state index in [0.29, 0.717) is 39.4 Å². The van der Waals surface area contributed by atoms with Gasteiger partial charge in [-0.15, -0.1) is 0 Å². The molecule has 0 saturated heterocycles. The molecule has 6 nitrogen and oxygen atoms in total. The minimum Gasteiger partial charge on any atom is -0.493 e. The molecule has 3 rings (SSSR count). The Balaban J connectivity index is 2.00. The molecule has 0 fully saturated rings. The lowest BCUT2D eigenvalue weighted by Gasteiger charge is -2.07. The summed E-state index contributed by atoms with van der Waals surface area (Å²) in [4.78, 5) is 4.48. The van der Waals surface area contributed by atoms with Gasteiger partial charge in [0.05, 0.1) is 14.2 Å². The van der Waals surface area contributed by atoms with Gasteiger partial charge in [-0.25, -0.2) is 4.98 Å². The summed E-state index contributed by atoms with van der Waals surface area (Å²) in [6.45, 7) is 0. The highest BCUT2D eigenvalue weighted by molar-refractivity contribution is 6.31. The Morgan fingerprint density at radius 2 is 1.83 bits per heavy atom. The second-order valence-electron chi connectivity index (χ2n) is 4.81. The van der Waals surface area contributed by atoms with E-state index < -0.39 is 0 Å². The smallest absolute Gasteiger partial charge is 0.181 e. The zero-order valence-corrected chi connectivity index (χ0v) is 13.4. The van der Waals surface area contributed by atoms with Crippen LogP contribution in [0.25, 0.3) is 22.8 Å². The Kier molecular flexibility index (Phi) is 4.08. The van der Waals surface area contributed by atoms with Crippen molar-refractivity contribution in [2.45, 2.75) is 0 Å². The van der Waals surface area contributed by atoms with Crippen molar-refractivity contribution in [1.29, 1.82) is 0 Å². The van der Waals surface area contributed by atoms with E-state index in [9.17, 15) is 0 Å². The number of nitrogens with zero attached hydrogens (tertiary/aromatic N) is 2. The lowest BCUT2D eigenvalue weighted by molar-refractivity contribution is 0.355. The molecule has 1 heterocycles. The van der Waals surface area contributed by atoms with Gasteiger partial charge in [-0.1, -0.05) is 11.6 Å². The van der Waals surface area contributed by atoms with Gasteiger partial charge < -0.3 is 15.2 Å². The summed E-state index contributed by atoms with van der Waals surface area (Å²) >= 11 is 6.02. The van der Waals surface area contributed by atoms with Crippen LogP contribution in [-0.4, -0.2) is 29.4 Å². The molecule has 23 heavy (non-hydrogen) atoms. The molecule has 0 radical (unpaired) electrons. The number of rotatable bonds is 4. The summed E-state index contributed by atoms with van der Waals surface area (Å²) in [5.41, 5.74) is 8.05. The maximum absolute atomic E-state index is 6.02. The van der Waals surface area contributed by atoms with Gasteiger partial charge in [-0.2, -0.15) is 5.10 Å². The third kappa shape index (κ3) is 2.93. The number of nitrogen functional groups attached to an aromatic ring is 1. The molecule has 0 aliphatic carbocycles. The van der Waals surface area contributed by atoms with Gasteiger partial charge in [0.25, 0.3) is 0 Å². The highest BCUT2D eigenvalue weighted by atomic mass is 35.5. The maximum atomic E-state index is 6.02. The number of ether oxygens (including phenoxy) is 2. The summed E-state index contributed by atoms with van der Waals surface area (Å²) in [7, 11) is 3.17. The van der Waals surface area contributed by atoms with Crippen LogP contribution >= 0.6 is 11.6 Å². The summed E-state index contributed by atoms with van der Waals surface area (Å²) < 4.78 is 10.5. The van der Waals surface area contributed by atoms with E-state index in [1.54, 1.807) is 38.5 Å². The predicted octanol–water partition coefficient (Wildman–Crippen LogP) is 3.39. The molecule has 2 aromatic carbocycles. The number of halogens is 1. The molecule has 0 amide bonds. The minimum atomic E-state index is 0.528. The van der Waals surface area contributed by atoms with Crippen LogP contribution in [0.2, 0.25) is 5.02 Å². The summed E-state index contributed by atoms with van der Waals surface area (Å²) in [6.07, 6.45) is 0. The van der Waals surface area contributed by atoms with Crippen molar-refractivity contribution in [3.63, 3.8) is 0 Å². The van der Waals surface area contributed by atoms with Gasteiger partial charge >= 0.3 is 0 Å². The van der Waals surface area contributed by atoms with E-state index in [1.165, 1.54) is 0 Å². The Morgan fingerprint density at radius 3 is 2.57 bits per heavy atom. The molecular weight excluding hydrogens is 316 g/mol. The molecule has 0 aliphatic heterocycles. The molecule has 0 spiro atoms. The second kappa shape index (κ2) is 6.18. The van der Waals surface area contributed by atoms with E-state index in [2.05, 4.69) is 15.2 Å². The van der Waals surface area contributed by atoms with Gasteiger partial charge in [0.2, 0.25) is 0 Å². The largest absolute Gasteiger partial charge is 0.493 e. The molecule has 3 N–H and O–H groups in total. The molecule has 3 aromatic rings. The number of nitrogens with one attached hydrogen (secondary N) is 1. The van der Waals surface area contributed by atoms with Gasteiger partial charge in [-0.3, -0.25) is 5.10 Å². The number of anilines is 1. The summed E-state index contributed by atoms with van der Waals surface area (Å²) in [6, 6.07) is 10.7. The normalized spacial score (nSPS) is 10.6. The first-order valence-electron chi connectivity index (χ1n) is 6.82. The van der Waals surface area contributed by atoms with Crippen molar-refractivity contribution in [3.8, 4) is 34.3 Å². The molecule has 7 heteroatoms. The van der Waals surface area contributed by atoms with Crippen molar-refractivity contribution < 1.29 is 9.47 Å². The van der Waals surface area contributed by atoms with Crippen LogP contribution < -0.4 is 15.2 Å². The van der Waals surface area contributed by atoms with Crippen molar-refractivity contribution in [3.05, 3.63) is 41.4 Å². The first-order chi connectivity index (χ1) is 11.1. The first kappa shape index (κ1) is 15.2. The molecule has 0 atom stereocenters. The maximum Gasteiger partial charge on any atom is 0.181 e. The number of aromatic amines is 1. The fraction of sp³-hybridized carbons (Fsp3) is 0.125. The average molecular weight is 331 g/mol. The zero-order valence-electron chi connectivity index (χ0n) is 12.6. The summed E-state index contributed by atoms with van der Waals surface area (Å²) in [5, 5.41) is 7.70. The number of hydrogen-bond donors (Lipinski definition) is 2. The quantitative estimate of drug-likeness (QED) is 0.716. The van der Waals surface area contributed by atoms with Crippen LogP contribution in [-0.2, 0) is 0 Å². The number of benzene rings is 2. The van der Waals surface area contributed by atoms with Crippen LogP contribution in [0.15, 0.2) is 36.4 Å². The Morgan fingerprint density at radius 1 is 1.04 bits per heavy atom. The zero-order chi connectivity index (χ0) is 16.4. The van der Waals surface area contributed by atoms with Crippen molar-refractivity contribution in [1.82, 2.24) is 15.2 Å². The molecule has 0 bridgehead atoms. The van der Waals surface area contributed by atoms with Crippen molar-refractivity contribution in [2.24, 2.45) is 0 Å². The number of aromatic nitrogens is 3. The van der Waals surface area contributed by atoms with E-state index in [1.807, 2.05) is 12.1 Å². The molecule has 0 aliphatic rings. The van der Waals surface area contributed by atoms with Crippen LogP contribution in [0.1, 0.15) is 0 Å². The van der Waals surface area contributed by atoms with Crippen molar-refractivity contribution >= 4 is 17.3 Å². The number of nitrogens with two attached hydrogens (primary N) is 1. The van der Waals surface area contributed by atoms with Crippen LogP contribution in [0.5, 0.6) is 11.5 Å². The van der Waals surface area contributed by atoms with Crippen LogP contribution in [0, 0.1) is 0 Å². The lowest BCUT2D eigenvalue weighted by atomic mass is 10.1. The first-order valence-corrected chi connectivity index (χ1v) is 7.20. The third-order valence-corrected chi connectivity index (χ3v) is 3.63. The third-order valence-electron chi connectivity index (χ3n) is 3.40. The lowest BCUT2D eigenvalue weighted by Crippen LogP contribution is -1.92. The van der Waals surface area contributed by atoms with Gasteiger partial charge in [0.1, 0.15) is 0 Å². The molecule has 0 unspecified atom stereocenters. The van der Waals surface area contributed by atoms with Crippen LogP contribution in [0.3, 0.4) is 0 Å². The highest BCUT2D eigenvalue weighted by Crippen LogP contribution is 2.32. The number of hydrogen-bond acceptors (Lipinski definition) is 5. The molecule has 118 valence electrons. The monoisotopic (exact) mass is 330 g/mol. The molecule has 1 aromatic heterocycles. The van der Waals surface area contributed by atoms with E-state index in [-0.39, 0.29) is 0 Å².